The van der Waals surface area contributed by atoms with Crippen LogP contribution >= 0.6 is 31.9 Å². The zero-order valence-corrected chi connectivity index (χ0v) is 12.3. The van der Waals surface area contributed by atoms with Crippen molar-refractivity contribution in [2.75, 3.05) is 19.6 Å². The first-order chi connectivity index (χ1) is 7.72. The van der Waals surface area contributed by atoms with Gasteiger partial charge in [0.05, 0.1) is 0 Å². The lowest BCUT2D eigenvalue weighted by molar-refractivity contribution is 0.251. The van der Waals surface area contributed by atoms with Crippen molar-refractivity contribution in [3.05, 3.63) is 32.7 Å². The Hall–Kier alpha value is 0.1000. The molecule has 0 aromatic heterocycles. The first kappa shape index (κ1) is 12.6. The number of nitrogens with two attached hydrogens (primary N) is 1. The van der Waals surface area contributed by atoms with Crippen LogP contribution in [-0.4, -0.2) is 24.5 Å². The topological polar surface area (TPSA) is 29.3 Å². The minimum atomic E-state index is 0.367. The van der Waals surface area contributed by atoms with Crippen LogP contribution in [0.5, 0.6) is 0 Å². The molecule has 1 aromatic carbocycles. The average molecular weight is 348 g/mol. The monoisotopic (exact) mass is 346 g/mol. The predicted octanol–water partition coefficient (Wildman–Crippen LogP) is 3.31. The summed E-state index contributed by atoms with van der Waals surface area (Å²) in [4.78, 5) is 2.48. The molecule has 4 heteroatoms. The number of benzene rings is 1. The van der Waals surface area contributed by atoms with Crippen molar-refractivity contribution in [2.24, 2.45) is 5.73 Å². The summed E-state index contributed by atoms with van der Waals surface area (Å²) in [5, 5.41) is 0. The van der Waals surface area contributed by atoms with Crippen LogP contribution in [0.2, 0.25) is 0 Å². The summed E-state index contributed by atoms with van der Waals surface area (Å²) >= 11 is 7.04. The highest BCUT2D eigenvalue weighted by atomic mass is 79.9. The van der Waals surface area contributed by atoms with Crippen molar-refractivity contribution >= 4 is 31.9 Å². The highest BCUT2D eigenvalue weighted by molar-refractivity contribution is 9.13. The Labute approximate surface area is 113 Å². The van der Waals surface area contributed by atoms with Gasteiger partial charge in [0.25, 0.3) is 0 Å². The van der Waals surface area contributed by atoms with Gasteiger partial charge in [-0.15, -0.1) is 0 Å². The lowest BCUT2D eigenvalue weighted by Crippen LogP contribution is -2.31. The Kier molecular flexibility index (Phi) is 4.41. The molecule has 88 valence electrons. The van der Waals surface area contributed by atoms with Crippen LogP contribution in [0.3, 0.4) is 0 Å². The second kappa shape index (κ2) is 5.63. The minimum Gasteiger partial charge on any atom is -0.329 e. The summed E-state index contributed by atoms with van der Waals surface area (Å²) in [7, 11) is 0. The van der Waals surface area contributed by atoms with E-state index >= 15 is 0 Å². The molecule has 16 heavy (non-hydrogen) atoms. The standard InChI is InChI=1S/C12H16Br2N2/c13-10-4-3-9(7-11(10)14)12(8-15)16-5-1-2-6-16/h3-4,7,12H,1-2,5-6,8,15H2. The maximum Gasteiger partial charge on any atom is 0.0470 e. The molecular formula is C12H16Br2N2. The fourth-order valence-corrected chi connectivity index (χ4v) is 2.91. The maximum atomic E-state index is 5.90. The van der Waals surface area contributed by atoms with Gasteiger partial charge in [-0.2, -0.15) is 0 Å². The van der Waals surface area contributed by atoms with Crippen molar-refractivity contribution in [3.8, 4) is 0 Å². The van der Waals surface area contributed by atoms with Gasteiger partial charge >= 0.3 is 0 Å². The molecule has 1 saturated heterocycles. The molecule has 1 aliphatic heterocycles. The van der Waals surface area contributed by atoms with Crippen LogP contribution in [0, 0.1) is 0 Å². The number of hydrogen-bond donors (Lipinski definition) is 1. The molecule has 1 aliphatic rings. The molecule has 2 N–H and O–H groups in total. The van der Waals surface area contributed by atoms with E-state index in [2.05, 4.69) is 55.0 Å². The normalized spacial score (nSPS) is 18.9. The molecule has 0 saturated carbocycles. The number of nitrogens with zero attached hydrogens (tertiary/aromatic N) is 1. The molecule has 1 fully saturated rings. The second-order valence-electron chi connectivity index (χ2n) is 4.17. The third-order valence-corrected chi connectivity index (χ3v) is 5.01. The van der Waals surface area contributed by atoms with E-state index in [-0.39, 0.29) is 0 Å². The zero-order valence-electron chi connectivity index (χ0n) is 9.13. The Balaban J connectivity index is 2.22. The van der Waals surface area contributed by atoms with E-state index in [1.807, 2.05) is 0 Å². The summed E-state index contributed by atoms with van der Waals surface area (Å²) in [6.07, 6.45) is 2.60. The third-order valence-electron chi connectivity index (χ3n) is 3.13. The van der Waals surface area contributed by atoms with E-state index in [0.29, 0.717) is 12.6 Å². The third kappa shape index (κ3) is 2.67. The van der Waals surface area contributed by atoms with Crippen LogP contribution in [0.25, 0.3) is 0 Å². The van der Waals surface area contributed by atoms with E-state index in [0.717, 1.165) is 8.95 Å². The summed E-state index contributed by atoms with van der Waals surface area (Å²) in [6.45, 7) is 3.04. The van der Waals surface area contributed by atoms with Gasteiger partial charge in [0.15, 0.2) is 0 Å². The fraction of sp³-hybridized carbons (Fsp3) is 0.500. The van der Waals surface area contributed by atoms with Gasteiger partial charge < -0.3 is 5.73 Å². The first-order valence-corrected chi connectivity index (χ1v) is 7.20. The Morgan fingerprint density at radius 2 is 1.88 bits per heavy atom. The highest BCUT2D eigenvalue weighted by Gasteiger charge is 2.22. The van der Waals surface area contributed by atoms with Gasteiger partial charge in [-0.1, -0.05) is 6.07 Å². The number of hydrogen-bond acceptors (Lipinski definition) is 2. The Bertz CT molecular complexity index is 362. The molecule has 0 radical (unpaired) electrons. The molecule has 1 unspecified atom stereocenters. The van der Waals surface area contributed by atoms with Crippen molar-refractivity contribution in [3.63, 3.8) is 0 Å². The van der Waals surface area contributed by atoms with Gasteiger partial charge in [0.2, 0.25) is 0 Å². The van der Waals surface area contributed by atoms with Crippen molar-refractivity contribution in [2.45, 2.75) is 18.9 Å². The predicted molar refractivity (Wildman–Crippen MR) is 74.4 cm³/mol. The zero-order chi connectivity index (χ0) is 11.5. The molecule has 1 heterocycles. The molecule has 1 atom stereocenters. The maximum absolute atomic E-state index is 5.90. The highest BCUT2D eigenvalue weighted by Crippen LogP contribution is 2.30. The molecule has 0 amide bonds. The Morgan fingerprint density at radius 3 is 2.44 bits per heavy atom. The van der Waals surface area contributed by atoms with E-state index in [4.69, 9.17) is 5.73 Å². The summed E-state index contributed by atoms with van der Waals surface area (Å²) in [5.41, 5.74) is 7.21. The summed E-state index contributed by atoms with van der Waals surface area (Å²) in [6, 6.07) is 6.77. The van der Waals surface area contributed by atoms with Crippen LogP contribution in [0.4, 0.5) is 0 Å². The number of rotatable bonds is 3. The fourth-order valence-electron chi connectivity index (χ4n) is 2.27. The molecule has 0 bridgehead atoms. The number of halogens is 2. The van der Waals surface area contributed by atoms with Gasteiger partial charge in [-0.3, -0.25) is 4.90 Å². The molecule has 0 aliphatic carbocycles. The quantitative estimate of drug-likeness (QED) is 0.908. The van der Waals surface area contributed by atoms with Crippen LogP contribution in [0.1, 0.15) is 24.4 Å². The summed E-state index contributed by atoms with van der Waals surface area (Å²) < 4.78 is 2.19. The lowest BCUT2D eigenvalue weighted by atomic mass is 10.1. The van der Waals surface area contributed by atoms with Gasteiger partial charge in [0, 0.05) is 21.5 Å². The minimum absolute atomic E-state index is 0.367. The molecule has 0 spiro atoms. The smallest absolute Gasteiger partial charge is 0.0470 e. The van der Waals surface area contributed by atoms with Gasteiger partial charge in [0.1, 0.15) is 0 Å². The van der Waals surface area contributed by atoms with Crippen LogP contribution in [-0.2, 0) is 0 Å². The molecule has 2 rings (SSSR count). The van der Waals surface area contributed by atoms with Crippen molar-refractivity contribution < 1.29 is 0 Å². The van der Waals surface area contributed by atoms with E-state index in [1.165, 1.54) is 31.5 Å². The molecule has 1 aromatic rings. The first-order valence-electron chi connectivity index (χ1n) is 5.61. The van der Waals surface area contributed by atoms with Gasteiger partial charge in [-0.25, -0.2) is 0 Å². The van der Waals surface area contributed by atoms with E-state index < -0.39 is 0 Å². The van der Waals surface area contributed by atoms with Crippen molar-refractivity contribution in [1.82, 2.24) is 4.90 Å². The van der Waals surface area contributed by atoms with Crippen molar-refractivity contribution in [1.29, 1.82) is 0 Å². The van der Waals surface area contributed by atoms with Gasteiger partial charge in [-0.05, 0) is 75.5 Å². The van der Waals surface area contributed by atoms with E-state index in [1.54, 1.807) is 0 Å². The average Bonchev–Trinajstić information content (AvgIpc) is 2.78. The lowest BCUT2D eigenvalue weighted by Gasteiger charge is -2.26. The molecule has 2 nitrogen and oxygen atoms in total. The summed E-state index contributed by atoms with van der Waals surface area (Å²) in [5.74, 6) is 0. The SMILES string of the molecule is NCC(c1ccc(Br)c(Br)c1)N1CCCC1. The van der Waals surface area contributed by atoms with Crippen LogP contribution in [0.15, 0.2) is 27.1 Å². The molecular weight excluding hydrogens is 332 g/mol. The second-order valence-corrected chi connectivity index (χ2v) is 5.88. The van der Waals surface area contributed by atoms with E-state index in [9.17, 15) is 0 Å². The number of likely N-dealkylation sites (tertiary alicyclic amines) is 1. The van der Waals surface area contributed by atoms with Crippen LogP contribution < -0.4 is 5.73 Å². The largest absolute Gasteiger partial charge is 0.329 e. The Morgan fingerprint density at radius 1 is 1.19 bits per heavy atom.